The van der Waals surface area contributed by atoms with Crippen LogP contribution in [-0.2, 0) is 9.53 Å². The molecule has 0 spiro atoms. The maximum atomic E-state index is 11.9. The Labute approximate surface area is 110 Å². The summed E-state index contributed by atoms with van der Waals surface area (Å²) in [5.74, 6) is 1.79. The van der Waals surface area contributed by atoms with Crippen LogP contribution >= 0.6 is 0 Å². The molecule has 2 N–H and O–H groups in total. The van der Waals surface area contributed by atoms with Crippen LogP contribution in [0.25, 0.3) is 0 Å². The van der Waals surface area contributed by atoms with E-state index in [9.17, 15) is 4.79 Å². The van der Waals surface area contributed by atoms with Crippen molar-refractivity contribution < 1.29 is 9.53 Å². The Morgan fingerprint density at radius 1 is 1.28 bits per heavy atom. The first-order valence-corrected chi connectivity index (χ1v) is 7.25. The Hall–Kier alpha value is -0.610. The van der Waals surface area contributed by atoms with Crippen molar-refractivity contribution in [3.63, 3.8) is 0 Å². The van der Waals surface area contributed by atoms with Gasteiger partial charge >= 0.3 is 0 Å². The highest BCUT2D eigenvalue weighted by atomic mass is 16.5. The van der Waals surface area contributed by atoms with Gasteiger partial charge in [0.05, 0.1) is 6.04 Å². The minimum absolute atomic E-state index is 0.0706. The Morgan fingerprint density at radius 2 is 1.89 bits per heavy atom. The number of hydrogen-bond acceptors (Lipinski definition) is 3. The molecule has 0 aromatic carbocycles. The summed E-state index contributed by atoms with van der Waals surface area (Å²) >= 11 is 0. The van der Waals surface area contributed by atoms with Gasteiger partial charge in [-0.2, -0.15) is 0 Å². The van der Waals surface area contributed by atoms with Crippen molar-refractivity contribution in [2.24, 2.45) is 11.8 Å². The van der Waals surface area contributed by atoms with Crippen molar-refractivity contribution >= 4 is 5.91 Å². The molecule has 0 aromatic rings. The van der Waals surface area contributed by atoms with E-state index in [1.54, 1.807) is 7.11 Å². The molecule has 0 bridgehead atoms. The molecule has 1 unspecified atom stereocenters. The summed E-state index contributed by atoms with van der Waals surface area (Å²) in [5.41, 5.74) is 0. The van der Waals surface area contributed by atoms with Crippen LogP contribution in [0.4, 0.5) is 0 Å². The maximum absolute atomic E-state index is 11.9. The number of amides is 1. The summed E-state index contributed by atoms with van der Waals surface area (Å²) in [5, 5.41) is 6.50. The van der Waals surface area contributed by atoms with E-state index >= 15 is 0 Å². The Balaban J connectivity index is 1.65. The van der Waals surface area contributed by atoms with E-state index in [2.05, 4.69) is 10.6 Å². The third kappa shape index (κ3) is 4.25. The zero-order chi connectivity index (χ0) is 13.0. The highest BCUT2D eigenvalue weighted by molar-refractivity contribution is 5.81. The van der Waals surface area contributed by atoms with Gasteiger partial charge < -0.3 is 15.4 Å². The number of carbonyl (C=O) groups is 1. The number of hydrogen-bond donors (Lipinski definition) is 2. The van der Waals surface area contributed by atoms with Crippen LogP contribution in [0.3, 0.4) is 0 Å². The van der Waals surface area contributed by atoms with Crippen molar-refractivity contribution in [3.05, 3.63) is 0 Å². The van der Waals surface area contributed by atoms with E-state index in [0.29, 0.717) is 19.2 Å². The van der Waals surface area contributed by atoms with Gasteiger partial charge in [0.1, 0.15) is 0 Å². The molecule has 4 heteroatoms. The fourth-order valence-electron chi connectivity index (χ4n) is 2.51. The van der Waals surface area contributed by atoms with E-state index in [1.807, 2.05) is 6.92 Å². The molecule has 104 valence electrons. The molecule has 2 aliphatic carbocycles. The normalized spacial score (nSPS) is 21.1. The number of nitrogens with one attached hydrogen (secondary N) is 2. The zero-order valence-electron chi connectivity index (χ0n) is 11.6. The van der Waals surface area contributed by atoms with Gasteiger partial charge in [-0.1, -0.05) is 0 Å². The van der Waals surface area contributed by atoms with Gasteiger partial charge in [-0.15, -0.1) is 0 Å². The summed E-state index contributed by atoms with van der Waals surface area (Å²) in [6.45, 7) is 3.38. The standard InChI is InChI=1S/C14H26N2O2/c1-10(14(17)15-8-3-9-18-2)16-13(11-4-5-11)12-6-7-12/h10-13,16H,3-9H2,1-2H3,(H,15,17). The second-order valence-corrected chi connectivity index (χ2v) is 5.73. The average Bonchev–Trinajstić information content (AvgIpc) is 3.23. The van der Waals surface area contributed by atoms with E-state index in [1.165, 1.54) is 25.7 Å². The predicted molar refractivity (Wildman–Crippen MR) is 71.3 cm³/mol. The number of rotatable bonds is 9. The molecule has 0 aromatic heterocycles. The monoisotopic (exact) mass is 254 g/mol. The van der Waals surface area contributed by atoms with Crippen LogP contribution in [0.5, 0.6) is 0 Å². The van der Waals surface area contributed by atoms with Gasteiger partial charge in [0, 0.05) is 26.3 Å². The number of methoxy groups -OCH3 is 1. The predicted octanol–water partition coefficient (Wildman–Crippen LogP) is 1.31. The molecule has 0 heterocycles. The second kappa shape index (κ2) is 6.53. The smallest absolute Gasteiger partial charge is 0.236 e. The molecule has 2 saturated carbocycles. The molecule has 0 radical (unpaired) electrons. The molecule has 18 heavy (non-hydrogen) atoms. The first-order valence-electron chi connectivity index (χ1n) is 7.25. The quantitative estimate of drug-likeness (QED) is 0.610. The van der Waals surface area contributed by atoms with Crippen molar-refractivity contribution in [1.29, 1.82) is 0 Å². The van der Waals surface area contributed by atoms with Gasteiger partial charge in [-0.05, 0) is 50.9 Å². The van der Waals surface area contributed by atoms with E-state index in [4.69, 9.17) is 4.74 Å². The van der Waals surface area contributed by atoms with Crippen molar-refractivity contribution in [2.75, 3.05) is 20.3 Å². The first kappa shape index (κ1) is 13.8. The lowest BCUT2D eigenvalue weighted by Gasteiger charge is -2.22. The van der Waals surface area contributed by atoms with Gasteiger partial charge in [0.15, 0.2) is 0 Å². The Kier molecular flexibility index (Phi) is 5.01. The largest absolute Gasteiger partial charge is 0.385 e. The number of ether oxygens (including phenoxy) is 1. The molecular formula is C14H26N2O2. The average molecular weight is 254 g/mol. The lowest BCUT2D eigenvalue weighted by molar-refractivity contribution is -0.123. The summed E-state index contributed by atoms with van der Waals surface area (Å²) in [6.07, 6.45) is 6.25. The summed E-state index contributed by atoms with van der Waals surface area (Å²) in [6, 6.07) is 0.517. The fraction of sp³-hybridized carbons (Fsp3) is 0.929. The van der Waals surface area contributed by atoms with Crippen LogP contribution < -0.4 is 10.6 Å². The molecule has 2 aliphatic rings. The number of carbonyl (C=O) groups excluding carboxylic acids is 1. The molecule has 2 rings (SSSR count). The van der Waals surface area contributed by atoms with E-state index in [0.717, 1.165) is 18.3 Å². The summed E-state index contributed by atoms with van der Waals surface area (Å²) in [4.78, 5) is 11.9. The molecule has 1 atom stereocenters. The molecule has 4 nitrogen and oxygen atoms in total. The van der Waals surface area contributed by atoms with E-state index < -0.39 is 0 Å². The summed E-state index contributed by atoms with van der Waals surface area (Å²) < 4.78 is 4.96. The lowest BCUT2D eigenvalue weighted by atomic mass is 10.1. The van der Waals surface area contributed by atoms with Gasteiger partial charge in [0.2, 0.25) is 5.91 Å². The second-order valence-electron chi connectivity index (χ2n) is 5.73. The first-order chi connectivity index (χ1) is 8.72. The molecule has 0 saturated heterocycles. The van der Waals surface area contributed by atoms with Crippen LogP contribution in [0, 0.1) is 11.8 Å². The van der Waals surface area contributed by atoms with Gasteiger partial charge in [0.25, 0.3) is 0 Å². The van der Waals surface area contributed by atoms with Gasteiger partial charge in [-0.25, -0.2) is 0 Å². The highest BCUT2D eigenvalue weighted by Gasteiger charge is 2.42. The zero-order valence-corrected chi connectivity index (χ0v) is 11.6. The highest BCUT2D eigenvalue weighted by Crippen LogP contribution is 2.44. The summed E-state index contributed by atoms with van der Waals surface area (Å²) in [7, 11) is 1.68. The molecule has 1 amide bonds. The van der Waals surface area contributed by atoms with Crippen molar-refractivity contribution in [2.45, 2.75) is 51.1 Å². The lowest BCUT2D eigenvalue weighted by Crippen LogP contribution is -2.48. The topological polar surface area (TPSA) is 50.4 Å². The third-order valence-corrected chi connectivity index (χ3v) is 3.92. The maximum Gasteiger partial charge on any atom is 0.236 e. The molecular weight excluding hydrogens is 228 g/mol. The minimum atomic E-state index is -0.0706. The van der Waals surface area contributed by atoms with Crippen LogP contribution in [0.2, 0.25) is 0 Å². The molecule has 2 fully saturated rings. The van der Waals surface area contributed by atoms with Gasteiger partial charge in [-0.3, -0.25) is 4.79 Å². The Morgan fingerprint density at radius 3 is 2.39 bits per heavy atom. The minimum Gasteiger partial charge on any atom is -0.385 e. The fourth-order valence-corrected chi connectivity index (χ4v) is 2.51. The van der Waals surface area contributed by atoms with Crippen LogP contribution in [0.15, 0.2) is 0 Å². The van der Waals surface area contributed by atoms with E-state index in [-0.39, 0.29) is 11.9 Å². The van der Waals surface area contributed by atoms with Crippen molar-refractivity contribution in [1.82, 2.24) is 10.6 Å². The third-order valence-electron chi connectivity index (χ3n) is 3.92. The van der Waals surface area contributed by atoms with Crippen LogP contribution in [0.1, 0.15) is 39.0 Å². The SMILES string of the molecule is COCCCNC(=O)C(C)NC(C1CC1)C1CC1. The van der Waals surface area contributed by atoms with Crippen molar-refractivity contribution in [3.8, 4) is 0 Å². The van der Waals surface area contributed by atoms with Crippen LogP contribution in [-0.4, -0.2) is 38.3 Å². The molecule has 0 aliphatic heterocycles. The Bertz CT molecular complexity index is 263.